The lowest BCUT2D eigenvalue weighted by Gasteiger charge is -2.19. The van der Waals surface area contributed by atoms with Crippen molar-refractivity contribution in [1.29, 1.82) is 0 Å². The normalized spacial score (nSPS) is 27.8. The van der Waals surface area contributed by atoms with E-state index in [-0.39, 0.29) is 6.61 Å². The molecular weight excluding hydrogens is 300 g/mol. The molecule has 2 fully saturated rings. The van der Waals surface area contributed by atoms with Crippen LogP contribution in [0.1, 0.15) is 0 Å². The molecule has 1 aliphatic heterocycles. The maximum atomic E-state index is 12.6. The Morgan fingerprint density at radius 1 is 1.05 bits per heavy atom. The van der Waals surface area contributed by atoms with Crippen molar-refractivity contribution in [2.75, 3.05) is 19.7 Å². The van der Waals surface area contributed by atoms with Gasteiger partial charge in [0.2, 0.25) is 10.0 Å². The maximum absolute atomic E-state index is 12.6. The second kappa shape index (κ2) is 4.94. The minimum absolute atomic E-state index is 0.175. The molecule has 2 aromatic rings. The van der Waals surface area contributed by atoms with Gasteiger partial charge in [-0.15, -0.1) is 0 Å². The summed E-state index contributed by atoms with van der Waals surface area (Å²) in [5.74, 6) is 1.00. The van der Waals surface area contributed by atoms with Crippen molar-refractivity contribution in [2.45, 2.75) is 4.90 Å². The zero-order chi connectivity index (χ0) is 15.3. The van der Waals surface area contributed by atoms with Crippen LogP contribution in [0, 0.1) is 17.8 Å². The second-order valence-electron chi connectivity index (χ2n) is 6.08. The minimum Gasteiger partial charge on any atom is -0.396 e. The molecule has 3 atom stereocenters. The summed E-state index contributed by atoms with van der Waals surface area (Å²) in [6.07, 6.45) is 3.85. The molecule has 22 heavy (non-hydrogen) atoms. The summed E-state index contributed by atoms with van der Waals surface area (Å²) >= 11 is 0. The topological polar surface area (TPSA) is 62.5 Å². The van der Waals surface area contributed by atoms with Crippen molar-refractivity contribution in [3.63, 3.8) is 0 Å². The van der Waals surface area contributed by atoms with Gasteiger partial charge in [0.1, 0.15) is 0 Å². The highest BCUT2D eigenvalue weighted by atomic mass is 32.2. The van der Waals surface area contributed by atoms with E-state index in [2.05, 4.69) is 0 Å². The van der Waals surface area contributed by atoms with E-state index < -0.39 is 10.0 Å². The predicted molar refractivity (Wildman–Crippen MR) is 82.1 cm³/mol. The summed E-state index contributed by atoms with van der Waals surface area (Å²) in [5, 5.41) is 9.17. The Morgan fingerprint density at radius 3 is 2.18 bits per heavy atom. The average Bonchev–Trinajstić information content (AvgIpc) is 2.97. The molecule has 1 saturated carbocycles. The Kier molecular flexibility index (Phi) is 3.14. The molecule has 1 aromatic carbocycles. The van der Waals surface area contributed by atoms with E-state index in [1.54, 1.807) is 16.4 Å². The number of rotatable bonds is 4. The summed E-state index contributed by atoms with van der Waals surface area (Å²) in [4.78, 5) is 0.338. The van der Waals surface area contributed by atoms with Crippen molar-refractivity contribution in [1.82, 2.24) is 8.87 Å². The van der Waals surface area contributed by atoms with Gasteiger partial charge in [0.05, 0.1) is 4.90 Å². The Morgan fingerprint density at radius 2 is 1.64 bits per heavy atom. The van der Waals surface area contributed by atoms with Gasteiger partial charge in [-0.05, 0) is 54.2 Å². The molecule has 116 valence electrons. The van der Waals surface area contributed by atoms with Crippen LogP contribution in [0.15, 0.2) is 53.7 Å². The first kappa shape index (κ1) is 14.0. The average molecular weight is 318 g/mol. The zero-order valence-corrected chi connectivity index (χ0v) is 12.9. The molecule has 0 spiro atoms. The number of aliphatic hydroxyl groups excluding tert-OH is 1. The molecule has 6 heteroatoms. The molecule has 0 bridgehead atoms. The van der Waals surface area contributed by atoms with Crippen LogP contribution in [0.5, 0.6) is 0 Å². The second-order valence-corrected chi connectivity index (χ2v) is 8.02. The highest BCUT2D eigenvalue weighted by molar-refractivity contribution is 7.89. The first-order valence-corrected chi connectivity index (χ1v) is 8.89. The van der Waals surface area contributed by atoms with Gasteiger partial charge in [0.15, 0.2) is 0 Å². The van der Waals surface area contributed by atoms with Gasteiger partial charge in [0.25, 0.3) is 0 Å². The summed E-state index contributed by atoms with van der Waals surface area (Å²) in [6, 6.07) is 10.8. The quantitative estimate of drug-likeness (QED) is 0.925. The summed E-state index contributed by atoms with van der Waals surface area (Å²) in [5.41, 5.74) is 0.938. The van der Waals surface area contributed by atoms with Gasteiger partial charge in [0, 0.05) is 37.8 Å². The fourth-order valence-electron chi connectivity index (χ4n) is 3.52. The molecule has 5 nitrogen and oxygen atoms in total. The first-order chi connectivity index (χ1) is 10.6. The lowest BCUT2D eigenvalue weighted by molar-refractivity contribution is 0.247. The molecule has 1 saturated heterocycles. The first-order valence-electron chi connectivity index (χ1n) is 7.45. The zero-order valence-electron chi connectivity index (χ0n) is 12.0. The van der Waals surface area contributed by atoms with Gasteiger partial charge in [-0.1, -0.05) is 0 Å². The number of fused-ring (bicyclic) bond motifs is 1. The summed E-state index contributed by atoms with van der Waals surface area (Å²) in [7, 11) is -3.42. The number of hydrogen-bond acceptors (Lipinski definition) is 3. The van der Waals surface area contributed by atoms with Crippen LogP contribution in [0.4, 0.5) is 0 Å². The maximum Gasteiger partial charge on any atom is 0.243 e. The standard InChI is InChI=1S/C16H18N2O3S/c19-11-16-14-9-18(10-15(14)16)22(20,21)13-5-3-12(4-6-13)17-7-1-2-8-17/h1-8,14-16,19H,9-11H2/t14-,15+,16?. The molecule has 1 unspecified atom stereocenters. The third kappa shape index (κ3) is 2.10. The van der Waals surface area contributed by atoms with E-state index >= 15 is 0 Å². The molecule has 0 amide bonds. The summed E-state index contributed by atoms with van der Waals surface area (Å²) < 4.78 is 28.8. The molecule has 4 rings (SSSR count). The Bertz CT molecular complexity index is 756. The number of aromatic nitrogens is 1. The van der Waals surface area contributed by atoms with E-state index in [0.29, 0.717) is 35.7 Å². The van der Waals surface area contributed by atoms with Gasteiger partial charge in [-0.25, -0.2) is 8.42 Å². The van der Waals surface area contributed by atoms with Crippen LogP contribution in [0.25, 0.3) is 5.69 Å². The molecule has 1 aromatic heterocycles. The number of aliphatic hydroxyl groups is 1. The SMILES string of the molecule is O=S(=O)(c1ccc(-n2cccc2)cc1)N1C[C@@H]2C(CO)[C@@H]2C1. The largest absolute Gasteiger partial charge is 0.396 e. The van der Waals surface area contributed by atoms with Gasteiger partial charge in [-0.3, -0.25) is 0 Å². The Balaban J connectivity index is 1.54. The van der Waals surface area contributed by atoms with E-state index in [1.165, 1.54) is 0 Å². The molecular formula is C16H18N2O3S. The third-order valence-corrected chi connectivity index (χ3v) is 6.77. The number of hydrogen-bond donors (Lipinski definition) is 1. The van der Waals surface area contributed by atoms with Crippen molar-refractivity contribution in [3.05, 3.63) is 48.8 Å². The van der Waals surface area contributed by atoms with Crippen LogP contribution in [0.3, 0.4) is 0 Å². The van der Waals surface area contributed by atoms with Crippen LogP contribution in [-0.2, 0) is 10.0 Å². The monoisotopic (exact) mass is 318 g/mol. The minimum atomic E-state index is -3.42. The number of nitrogens with zero attached hydrogens (tertiary/aromatic N) is 2. The van der Waals surface area contributed by atoms with Gasteiger partial charge >= 0.3 is 0 Å². The van der Waals surface area contributed by atoms with Crippen LogP contribution in [-0.4, -0.2) is 42.1 Å². The highest BCUT2D eigenvalue weighted by Gasteiger charge is 2.57. The molecule has 0 radical (unpaired) electrons. The van der Waals surface area contributed by atoms with Crippen LogP contribution < -0.4 is 0 Å². The molecule has 2 heterocycles. The number of benzene rings is 1. The predicted octanol–water partition coefficient (Wildman–Crippen LogP) is 1.34. The lowest BCUT2D eigenvalue weighted by Crippen LogP contribution is -2.32. The van der Waals surface area contributed by atoms with Crippen molar-refractivity contribution in [2.24, 2.45) is 17.8 Å². The molecule has 2 aliphatic rings. The molecule has 1 N–H and O–H groups in total. The highest BCUT2D eigenvalue weighted by Crippen LogP contribution is 2.52. The fraction of sp³-hybridized carbons (Fsp3) is 0.375. The van der Waals surface area contributed by atoms with Gasteiger partial charge < -0.3 is 9.67 Å². The molecule has 1 aliphatic carbocycles. The van der Waals surface area contributed by atoms with Crippen LogP contribution in [0.2, 0.25) is 0 Å². The van der Waals surface area contributed by atoms with E-state index in [1.807, 2.05) is 41.2 Å². The lowest BCUT2D eigenvalue weighted by atomic mass is 10.3. The fourth-order valence-corrected chi connectivity index (χ4v) is 5.04. The third-order valence-electron chi connectivity index (χ3n) is 4.93. The van der Waals surface area contributed by atoms with E-state index in [9.17, 15) is 8.42 Å². The van der Waals surface area contributed by atoms with Crippen molar-refractivity contribution >= 4 is 10.0 Å². The van der Waals surface area contributed by atoms with E-state index in [0.717, 1.165) is 5.69 Å². The smallest absolute Gasteiger partial charge is 0.243 e. The Hall–Kier alpha value is -1.63. The van der Waals surface area contributed by atoms with Crippen molar-refractivity contribution in [3.8, 4) is 5.69 Å². The van der Waals surface area contributed by atoms with Crippen molar-refractivity contribution < 1.29 is 13.5 Å². The number of piperidine rings is 1. The van der Waals surface area contributed by atoms with E-state index in [4.69, 9.17) is 5.11 Å². The van der Waals surface area contributed by atoms with Gasteiger partial charge in [-0.2, -0.15) is 4.31 Å². The summed E-state index contributed by atoms with van der Waals surface area (Å²) in [6.45, 7) is 1.25. The number of sulfonamides is 1. The Labute approximate surface area is 129 Å². The van der Waals surface area contributed by atoms with Crippen LogP contribution >= 0.6 is 0 Å².